The van der Waals surface area contributed by atoms with Crippen molar-refractivity contribution in [3.63, 3.8) is 0 Å². The highest BCUT2D eigenvalue weighted by Crippen LogP contribution is 2.35. The third kappa shape index (κ3) is 5.30. The number of nitro benzene ring substituents is 2. The molecule has 13 heteroatoms. The molecule has 1 aromatic heterocycles. The van der Waals surface area contributed by atoms with Gasteiger partial charge in [-0.05, 0) is 31.5 Å². The number of methoxy groups -OCH3 is 1. The van der Waals surface area contributed by atoms with Crippen LogP contribution in [0.15, 0.2) is 42.5 Å². The summed E-state index contributed by atoms with van der Waals surface area (Å²) in [6.07, 6.45) is 0. The van der Waals surface area contributed by atoms with Crippen LogP contribution in [0.5, 0.6) is 0 Å². The maximum absolute atomic E-state index is 12.9. The molecular weight excluding hydrogens is 480 g/mol. The van der Waals surface area contributed by atoms with Gasteiger partial charge in [-0.2, -0.15) is 0 Å². The lowest BCUT2D eigenvalue weighted by Gasteiger charge is -2.07. The number of aryl methyl sites for hydroxylation is 1. The average Bonchev–Trinajstić information content (AvgIpc) is 3.14. The number of hydrogen-bond donors (Lipinski definition) is 2. The van der Waals surface area contributed by atoms with Crippen LogP contribution in [-0.2, 0) is 4.74 Å². The summed E-state index contributed by atoms with van der Waals surface area (Å²) in [4.78, 5) is 59.1. The van der Waals surface area contributed by atoms with Gasteiger partial charge in [-0.3, -0.25) is 29.8 Å². The molecule has 0 saturated heterocycles. The maximum Gasteiger partial charge on any atom is 0.341 e. The second-order valence-corrected chi connectivity index (χ2v) is 8.25. The molecule has 0 aliphatic rings. The van der Waals surface area contributed by atoms with Crippen LogP contribution >= 0.6 is 11.3 Å². The van der Waals surface area contributed by atoms with Crippen LogP contribution in [0.2, 0.25) is 0 Å². The van der Waals surface area contributed by atoms with Gasteiger partial charge in [-0.25, -0.2) is 4.79 Å². The predicted molar refractivity (Wildman–Crippen MR) is 127 cm³/mol. The minimum atomic E-state index is -0.807. The average molecular weight is 498 g/mol. The second-order valence-electron chi connectivity index (χ2n) is 7.23. The Morgan fingerprint density at radius 2 is 1.66 bits per heavy atom. The van der Waals surface area contributed by atoms with E-state index >= 15 is 0 Å². The number of non-ortho nitro benzene ring substituents is 1. The minimum Gasteiger partial charge on any atom is -0.465 e. The summed E-state index contributed by atoms with van der Waals surface area (Å²) in [5, 5.41) is 27.2. The molecule has 3 aromatic rings. The number of nitro groups is 2. The molecular formula is C22H18N4O8S. The lowest BCUT2D eigenvalue weighted by atomic mass is 10.1. The van der Waals surface area contributed by atoms with Crippen molar-refractivity contribution < 1.29 is 29.0 Å². The summed E-state index contributed by atoms with van der Waals surface area (Å²) in [6.45, 7) is 3.02. The van der Waals surface area contributed by atoms with Crippen LogP contribution in [0, 0.1) is 34.1 Å². The van der Waals surface area contributed by atoms with Gasteiger partial charge in [-0.15, -0.1) is 11.3 Å². The minimum absolute atomic E-state index is 0.00627. The summed E-state index contributed by atoms with van der Waals surface area (Å²) in [5.41, 5.74) is 0.202. The van der Waals surface area contributed by atoms with Gasteiger partial charge in [0.15, 0.2) is 0 Å². The van der Waals surface area contributed by atoms with Gasteiger partial charge in [0.1, 0.15) is 5.00 Å². The van der Waals surface area contributed by atoms with Crippen molar-refractivity contribution in [1.29, 1.82) is 0 Å². The molecule has 0 saturated carbocycles. The number of ether oxygens (including phenoxy) is 1. The van der Waals surface area contributed by atoms with Gasteiger partial charge in [0.2, 0.25) is 0 Å². The maximum atomic E-state index is 12.9. The molecule has 3 rings (SSSR count). The van der Waals surface area contributed by atoms with Gasteiger partial charge >= 0.3 is 5.97 Å². The van der Waals surface area contributed by atoms with Crippen LogP contribution in [-0.4, -0.2) is 34.7 Å². The van der Waals surface area contributed by atoms with E-state index in [9.17, 15) is 34.6 Å². The zero-order valence-corrected chi connectivity index (χ0v) is 19.4. The Hall–Kier alpha value is -4.65. The number of amides is 2. The Morgan fingerprint density at radius 1 is 0.943 bits per heavy atom. The fourth-order valence-corrected chi connectivity index (χ4v) is 4.26. The van der Waals surface area contributed by atoms with Crippen molar-refractivity contribution in [3.05, 3.63) is 89.8 Å². The highest BCUT2D eigenvalue weighted by molar-refractivity contribution is 7.19. The number of esters is 1. The van der Waals surface area contributed by atoms with E-state index in [4.69, 9.17) is 4.74 Å². The van der Waals surface area contributed by atoms with Crippen molar-refractivity contribution >= 4 is 51.2 Å². The molecule has 2 amide bonds. The number of carbonyl (C=O) groups excluding carboxylic acids is 3. The number of hydrogen-bond acceptors (Lipinski definition) is 9. The molecule has 2 aromatic carbocycles. The molecule has 0 fully saturated rings. The smallest absolute Gasteiger partial charge is 0.341 e. The zero-order valence-electron chi connectivity index (χ0n) is 18.6. The molecule has 180 valence electrons. The summed E-state index contributed by atoms with van der Waals surface area (Å²) >= 11 is 0.792. The molecule has 0 radical (unpaired) electrons. The van der Waals surface area contributed by atoms with E-state index in [2.05, 4.69) is 10.6 Å². The van der Waals surface area contributed by atoms with Gasteiger partial charge in [0.25, 0.3) is 23.2 Å². The molecule has 0 bridgehead atoms. The number of thiophene rings is 1. The summed E-state index contributed by atoms with van der Waals surface area (Å²) in [5.74, 6) is -2.20. The molecule has 0 aliphatic carbocycles. The summed E-state index contributed by atoms with van der Waals surface area (Å²) in [7, 11) is 1.14. The molecule has 0 aliphatic heterocycles. The Balaban J connectivity index is 1.95. The Morgan fingerprint density at radius 3 is 2.29 bits per heavy atom. The first-order valence-corrected chi connectivity index (χ1v) is 10.7. The molecule has 0 spiro atoms. The number of nitrogens with one attached hydrogen (secondary N) is 2. The third-order valence-corrected chi connectivity index (χ3v) is 6.16. The molecule has 0 atom stereocenters. The van der Waals surface area contributed by atoms with Crippen LogP contribution in [0.4, 0.5) is 22.1 Å². The standard InChI is InChI=1S/C22H18N4O8S/c1-11-7-8-13(9-16(11)26(32)33)19(27)24-21-17(22(29)34-3)12(2)18(35-21)20(28)23-14-5-4-6-15(10-14)25(30)31/h4-10H,1-3H3,(H,23,28)(H,24,27). The van der Waals surface area contributed by atoms with Crippen molar-refractivity contribution in [1.82, 2.24) is 0 Å². The SMILES string of the molecule is COC(=O)c1c(NC(=O)c2ccc(C)c([N+](=O)[O-])c2)sc(C(=O)Nc2cccc([N+](=O)[O-])c2)c1C. The number of carbonyl (C=O) groups is 3. The van der Waals surface area contributed by atoms with Gasteiger partial charge in [0.05, 0.1) is 27.4 Å². The van der Waals surface area contributed by atoms with E-state index in [1.54, 1.807) is 0 Å². The second kappa shape index (κ2) is 10.1. The highest BCUT2D eigenvalue weighted by atomic mass is 32.1. The first-order chi connectivity index (χ1) is 16.5. The summed E-state index contributed by atoms with van der Waals surface area (Å²) < 4.78 is 4.79. The molecule has 0 unspecified atom stereocenters. The molecule has 35 heavy (non-hydrogen) atoms. The highest BCUT2D eigenvalue weighted by Gasteiger charge is 2.27. The summed E-state index contributed by atoms with van der Waals surface area (Å²) in [6, 6.07) is 9.24. The van der Waals surface area contributed by atoms with Crippen molar-refractivity contribution in [2.75, 3.05) is 17.7 Å². The van der Waals surface area contributed by atoms with E-state index in [0.717, 1.165) is 24.5 Å². The van der Waals surface area contributed by atoms with E-state index < -0.39 is 27.6 Å². The van der Waals surface area contributed by atoms with E-state index in [0.29, 0.717) is 5.56 Å². The third-order valence-electron chi connectivity index (χ3n) is 4.95. The molecule has 1 heterocycles. The van der Waals surface area contributed by atoms with Crippen molar-refractivity contribution in [3.8, 4) is 0 Å². The van der Waals surface area contributed by atoms with Crippen molar-refractivity contribution in [2.24, 2.45) is 0 Å². The lowest BCUT2D eigenvalue weighted by Crippen LogP contribution is -2.15. The largest absolute Gasteiger partial charge is 0.465 e. The fourth-order valence-electron chi connectivity index (χ4n) is 3.17. The van der Waals surface area contributed by atoms with Gasteiger partial charge < -0.3 is 15.4 Å². The Kier molecular flexibility index (Phi) is 7.20. The number of anilines is 2. The van der Waals surface area contributed by atoms with Crippen LogP contribution in [0.25, 0.3) is 0 Å². The Bertz CT molecular complexity index is 1380. The van der Waals surface area contributed by atoms with Crippen molar-refractivity contribution in [2.45, 2.75) is 13.8 Å². The first-order valence-electron chi connectivity index (χ1n) is 9.87. The van der Waals surface area contributed by atoms with Crippen LogP contribution in [0.1, 0.15) is 41.5 Å². The molecule has 12 nitrogen and oxygen atoms in total. The van der Waals surface area contributed by atoms with E-state index in [1.165, 1.54) is 50.2 Å². The Labute approximate surface area is 201 Å². The normalized spacial score (nSPS) is 10.4. The predicted octanol–water partition coefficient (Wildman–Crippen LogP) is 4.47. The number of nitrogens with zero attached hydrogens (tertiary/aromatic N) is 2. The van der Waals surface area contributed by atoms with Gasteiger partial charge in [-0.1, -0.05) is 12.1 Å². The van der Waals surface area contributed by atoms with E-state index in [1.807, 2.05) is 0 Å². The van der Waals surface area contributed by atoms with E-state index in [-0.39, 0.29) is 43.6 Å². The molecule has 2 N–H and O–H groups in total. The van der Waals surface area contributed by atoms with Crippen LogP contribution < -0.4 is 10.6 Å². The first kappa shape index (κ1) is 25.0. The van der Waals surface area contributed by atoms with Crippen LogP contribution in [0.3, 0.4) is 0 Å². The fraction of sp³-hybridized carbons (Fsp3) is 0.136. The topological polar surface area (TPSA) is 171 Å². The zero-order chi connectivity index (χ0) is 25.9. The number of benzene rings is 2. The van der Waals surface area contributed by atoms with Gasteiger partial charge in [0, 0.05) is 35.0 Å². The lowest BCUT2D eigenvalue weighted by molar-refractivity contribution is -0.385. The number of rotatable bonds is 7. The monoisotopic (exact) mass is 498 g/mol. The quantitative estimate of drug-likeness (QED) is 0.273.